The third kappa shape index (κ3) is 2.87. The van der Waals surface area contributed by atoms with Gasteiger partial charge in [-0.2, -0.15) is 0 Å². The van der Waals surface area contributed by atoms with Crippen molar-refractivity contribution in [1.29, 1.82) is 5.41 Å². The van der Waals surface area contributed by atoms with Crippen LogP contribution in [-0.2, 0) is 11.8 Å². The number of nitrogens with one attached hydrogen (secondary N) is 1. The molecule has 1 N–H and O–H groups in total. The van der Waals surface area contributed by atoms with E-state index >= 15 is 0 Å². The molecule has 1 aliphatic heterocycles. The molecule has 4 rings (SSSR count). The van der Waals surface area contributed by atoms with Crippen molar-refractivity contribution in [2.45, 2.75) is 18.8 Å². The van der Waals surface area contributed by atoms with E-state index in [9.17, 15) is 0 Å². The van der Waals surface area contributed by atoms with Gasteiger partial charge in [0.15, 0.2) is 0 Å². The highest BCUT2D eigenvalue weighted by Crippen LogP contribution is 2.51. The second-order valence-corrected chi connectivity index (χ2v) is 7.34. The van der Waals surface area contributed by atoms with Crippen LogP contribution in [0.2, 0.25) is 0 Å². The molecule has 1 unspecified atom stereocenters. The van der Waals surface area contributed by atoms with E-state index in [1.165, 1.54) is 39.5 Å². The smallest absolute Gasteiger partial charge is 0.0454 e. The fourth-order valence-electron chi connectivity index (χ4n) is 4.43. The van der Waals surface area contributed by atoms with E-state index in [4.69, 9.17) is 5.41 Å². The molecule has 0 saturated carbocycles. The highest BCUT2D eigenvalue weighted by molar-refractivity contribution is 5.95. The summed E-state index contributed by atoms with van der Waals surface area (Å²) in [5, 5.41) is 9.88. The number of benzene rings is 3. The van der Waals surface area contributed by atoms with Crippen LogP contribution in [0.5, 0.6) is 0 Å². The average Bonchev–Trinajstić information content (AvgIpc) is 2.90. The number of hydrogen-bond acceptors (Lipinski definition) is 2. The molecular weight excluding hydrogens is 328 g/mol. The van der Waals surface area contributed by atoms with Gasteiger partial charge in [0.1, 0.15) is 0 Å². The van der Waals surface area contributed by atoms with Gasteiger partial charge < -0.3 is 10.3 Å². The molecule has 0 fully saturated rings. The molecule has 0 radical (unpaired) electrons. The second-order valence-electron chi connectivity index (χ2n) is 7.34. The van der Waals surface area contributed by atoms with Gasteiger partial charge in [-0.25, -0.2) is 0 Å². The van der Waals surface area contributed by atoms with E-state index in [0.29, 0.717) is 0 Å². The normalized spacial score (nSPS) is 20.5. The van der Waals surface area contributed by atoms with Gasteiger partial charge >= 0.3 is 0 Å². The lowest BCUT2D eigenvalue weighted by Gasteiger charge is -2.29. The summed E-state index contributed by atoms with van der Waals surface area (Å²) in [6.07, 6.45) is 8.15. The number of allylic oxidation sites excluding steroid dienone is 4. The van der Waals surface area contributed by atoms with Crippen LogP contribution in [-0.4, -0.2) is 13.3 Å². The number of likely N-dealkylation sites (N-methyl/N-ethyl adjacent to an activating group) is 1. The zero-order chi connectivity index (χ0) is 18.9. The largest absolute Gasteiger partial charge is 0.347 e. The minimum absolute atomic E-state index is 0.140. The second kappa shape index (κ2) is 6.88. The van der Waals surface area contributed by atoms with E-state index in [1.54, 1.807) is 6.08 Å². The van der Waals surface area contributed by atoms with E-state index in [1.807, 2.05) is 6.08 Å². The van der Waals surface area contributed by atoms with Gasteiger partial charge in [0.25, 0.3) is 0 Å². The van der Waals surface area contributed by atoms with Crippen LogP contribution in [0.25, 0.3) is 10.8 Å². The zero-order valence-electron chi connectivity index (χ0n) is 15.8. The van der Waals surface area contributed by atoms with Crippen molar-refractivity contribution in [1.82, 2.24) is 0 Å². The van der Waals surface area contributed by atoms with Crippen molar-refractivity contribution in [3.63, 3.8) is 0 Å². The molecule has 27 heavy (non-hydrogen) atoms. The minimum Gasteiger partial charge on any atom is -0.347 e. The number of nitrogens with zero attached hydrogens (tertiary/aromatic N) is 1. The first-order valence-corrected chi connectivity index (χ1v) is 9.33. The van der Waals surface area contributed by atoms with E-state index in [2.05, 4.69) is 91.7 Å². The van der Waals surface area contributed by atoms with Crippen LogP contribution in [0.15, 0.2) is 90.7 Å². The Bertz CT molecular complexity index is 1050. The fourth-order valence-corrected chi connectivity index (χ4v) is 4.43. The standard InChI is InChI=1S/C25H24N2/c1-25(18-19-10-4-3-5-11-19)23(14-8-9-17-26)27(2)22-16-15-20-12-6-7-13-21(20)24(22)25/h3-17,26H,18H2,1-2H3/b9-8+,23-14-,26-17?. The molecule has 1 atom stereocenters. The molecule has 0 spiro atoms. The number of rotatable bonds is 4. The van der Waals surface area contributed by atoms with Crippen molar-refractivity contribution < 1.29 is 0 Å². The van der Waals surface area contributed by atoms with Crippen LogP contribution < -0.4 is 4.90 Å². The summed E-state index contributed by atoms with van der Waals surface area (Å²) in [6, 6.07) is 23.8. The van der Waals surface area contributed by atoms with Gasteiger partial charge in [-0.05, 0) is 53.5 Å². The summed E-state index contributed by atoms with van der Waals surface area (Å²) in [4.78, 5) is 2.30. The molecule has 3 aromatic carbocycles. The average molecular weight is 352 g/mol. The summed E-state index contributed by atoms with van der Waals surface area (Å²) in [5.74, 6) is 0. The van der Waals surface area contributed by atoms with Crippen molar-refractivity contribution >= 4 is 22.7 Å². The zero-order valence-corrected chi connectivity index (χ0v) is 15.8. The molecule has 1 aliphatic rings. The molecule has 3 aromatic rings. The van der Waals surface area contributed by atoms with Gasteiger partial charge in [0.05, 0.1) is 0 Å². The van der Waals surface area contributed by atoms with E-state index < -0.39 is 0 Å². The van der Waals surface area contributed by atoms with Crippen LogP contribution >= 0.6 is 0 Å². The molecule has 2 nitrogen and oxygen atoms in total. The van der Waals surface area contributed by atoms with Gasteiger partial charge in [0, 0.05) is 30.1 Å². The fraction of sp³-hybridized carbons (Fsp3) is 0.160. The Balaban J connectivity index is 1.97. The number of hydrogen-bond donors (Lipinski definition) is 1. The summed E-state index contributed by atoms with van der Waals surface area (Å²) in [7, 11) is 2.15. The molecule has 2 heteroatoms. The van der Waals surface area contributed by atoms with Crippen LogP contribution in [0.1, 0.15) is 18.1 Å². The third-order valence-corrected chi connectivity index (χ3v) is 5.61. The predicted molar refractivity (Wildman–Crippen MR) is 116 cm³/mol. The monoisotopic (exact) mass is 352 g/mol. The third-order valence-electron chi connectivity index (χ3n) is 5.61. The minimum atomic E-state index is -0.140. The highest BCUT2D eigenvalue weighted by Gasteiger charge is 2.43. The van der Waals surface area contributed by atoms with Crippen LogP contribution in [0.3, 0.4) is 0 Å². The van der Waals surface area contributed by atoms with E-state index in [-0.39, 0.29) is 5.41 Å². The van der Waals surface area contributed by atoms with Gasteiger partial charge in [-0.1, -0.05) is 66.7 Å². The molecule has 134 valence electrons. The molecule has 1 heterocycles. The van der Waals surface area contributed by atoms with Gasteiger partial charge in [-0.15, -0.1) is 0 Å². The quantitative estimate of drug-likeness (QED) is 0.583. The number of anilines is 1. The lowest BCUT2D eigenvalue weighted by atomic mass is 9.74. The molecular formula is C25H24N2. The first-order chi connectivity index (χ1) is 13.1. The van der Waals surface area contributed by atoms with Crippen molar-refractivity contribution in [3.05, 3.63) is 102 Å². The molecule has 0 amide bonds. The Labute approximate surface area is 161 Å². The molecule has 0 aromatic heterocycles. The SMILES string of the molecule is CN1/C(=C\C=C\C=N)C(C)(Cc2ccccc2)c2c1ccc1ccccc21. The Morgan fingerprint density at radius 1 is 0.926 bits per heavy atom. The Hall–Kier alpha value is -3.13. The Kier molecular flexibility index (Phi) is 4.41. The Morgan fingerprint density at radius 3 is 2.44 bits per heavy atom. The maximum absolute atomic E-state index is 7.29. The van der Waals surface area contributed by atoms with Gasteiger partial charge in [0.2, 0.25) is 0 Å². The summed E-state index contributed by atoms with van der Waals surface area (Å²) in [5.41, 5.74) is 5.11. The lowest BCUT2D eigenvalue weighted by Crippen LogP contribution is -2.28. The maximum atomic E-state index is 7.29. The highest BCUT2D eigenvalue weighted by atomic mass is 15.2. The van der Waals surface area contributed by atoms with Gasteiger partial charge in [-0.3, -0.25) is 0 Å². The molecule has 0 saturated heterocycles. The first kappa shape index (κ1) is 17.3. The lowest BCUT2D eigenvalue weighted by molar-refractivity contribution is 0.571. The topological polar surface area (TPSA) is 27.1 Å². The molecule has 0 bridgehead atoms. The van der Waals surface area contributed by atoms with Crippen LogP contribution in [0.4, 0.5) is 5.69 Å². The van der Waals surface area contributed by atoms with Crippen molar-refractivity contribution in [2.24, 2.45) is 0 Å². The van der Waals surface area contributed by atoms with Crippen molar-refractivity contribution in [3.8, 4) is 0 Å². The van der Waals surface area contributed by atoms with E-state index in [0.717, 1.165) is 6.42 Å². The first-order valence-electron chi connectivity index (χ1n) is 9.33. The maximum Gasteiger partial charge on any atom is 0.0454 e. The van der Waals surface area contributed by atoms with Crippen molar-refractivity contribution in [2.75, 3.05) is 11.9 Å². The summed E-state index contributed by atoms with van der Waals surface area (Å²) < 4.78 is 0. The van der Waals surface area contributed by atoms with Crippen LogP contribution in [0, 0.1) is 5.41 Å². The number of fused-ring (bicyclic) bond motifs is 3. The summed E-state index contributed by atoms with van der Waals surface area (Å²) in [6.45, 7) is 2.35. The molecule has 0 aliphatic carbocycles. The predicted octanol–water partition coefficient (Wildman–Crippen LogP) is 5.88. The summed E-state index contributed by atoms with van der Waals surface area (Å²) >= 11 is 0. The Morgan fingerprint density at radius 2 is 1.67 bits per heavy atom.